The fourth-order valence-electron chi connectivity index (χ4n) is 3.14. The van der Waals surface area contributed by atoms with Crippen molar-refractivity contribution in [1.29, 1.82) is 0 Å². The van der Waals surface area contributed by atoms with E-state index >= 15 is 0 Å². The van der Waals surface area contributed by atoms with Crippen molar-refractivity contribution in [2.45, 2.75) is 26.3 Å². The highest BCUT2D eigenvalue weighted by Crippen LogP contribution is 2.27. The molecule has 0 spiro atoms. The molecule has 0 fully saturated rings. The van der Waals surface area contributed by atoms with E-state index in [1.165, 1.54) is 11.3 Å². The van der Waals surface area contributed by atoms with Gasteiger partial charge >= 0.3 is 0 Å². The van der Waals surface area contributed by atoms with Gasteiger partial charge < -0.3 is 15.2 Å². The fourth-order valence-corrected chi connectivity index (χ4v) is 3.88. The van der Waals surface area contributed by atoms with E-state index in [0.717, 1.165) is 22.2 Å². The molecule has 0 saturated carbocycles. The number of amides is 2. The van der Waals surface area contributed by atoms with E-state index in [1.54, 1.807) is 12.3 Å². The number of aromatic nitrogens is 4. The lowest BCUT2D eigenvalue weighted by molar-refractivity contribution is -0.115. The first-order chi connectivity index (χ1) is 14.7. The molecule has 2 amide bonds. The third-order valence-corrected chi connectivity index (χ3v) is 5.69. The van der Waals surface area contributed by atoms with Gasteiger partial charge in [-0.3, -0.25) is 14.3 Å². The molecule has 31 heavy (non-hydrogen) atoms. The molecule has 3 heterocycles. The maximum absolute atomic E-state index is 12.3. The van der Waals surface area contributed by atoms with Crippen molar-refractivity contribution in [3.05, 3.63) is 53.8 Å². The summed E-state index contributed by atoms with van der Waals surface area (Å²) in [6.07, 6.45) is 5.45. The molecular weight excluding hydrogens is 412 g/mol. The van der Waals surface area contributed by atoms with Crippen LogP contribution in [0.1, 0.15) is 31.1 Å². The summed E-state index contributed by atoms with van der Waals surface area (Å²) in [6, 6.07) is 7.74. The number of nitrogens with zero attached hydrogens (tertiary/aromatic N) is 4. The summed E-state index contributed by atoms with van der Waals surface area (Å²) in [7, 11) is 1.89. The van der Waals surface area contributed by atoms with Crippen LogP contribution in [0.4, 0.5) is 5.13 Å². The van der Waals surface area contributed by atoms with Crippen LogP contribution in [-0.2, 0) is 17.4 Å². The van der Waals surface area contributed by atoms with Gasteiger partial charge in [0.05, 0.1) is 29.5 Å². The van der Waals surface area contributed by atoms with E-state index in [1.807, 2.05) is 52.3 Å². The highest BCUT2D eigenvalue weighted by atomic mass is 32.1. The lowest BCUT2D eigenvalue weighted by Crippen LogP contribution is -2.32. The van der Waals surface area contributed by atoms with Gasteiger partial charge in [0, 0.05) is 41.3 Å². The smallest absolute Gasteiger partial charge is 0.253 e. The van der Waals surface area contributed by atoms with Gasteiger partial charge in [0.25, 0.3) is 5.91 Å². The number of aryl methyl sites for hydroxylation is 1. The molecule has 1 aromatic carbocycles. The number of fused-ring (bicyclic) bond motifs is 1. The number of hydrogen-bond donors (Lipinski definition) is 2. The van der Waals surface area contributed by atoms with Gasteiger partial charge in [0.1, 0.15) is 0 Å². The van der Waals surface area contributed by atoms with Crippen molar-refractivity contribution in [3.63, 3.8) is 0 Å². The number of anilines is 1. The minimum atomic E-state index is -0.327. The van der Waals surface area contributed by atoms with E-state index in [0.29, 0.717) is 10.7 Å². The summed E-state index contributed by atoms with van der Waals surface area (Å²) in [4.78, 5) is 29.1. The van der Waals surface area contributed by atoms with E-state index in [9.17, 15) is 9.59 Å². The molecular formula is C22H24N6O2S. The lowest BCUT2D eigenvalue weighted by atomic mass is 10.1. The molecule has 4 aromatic rings. The van der Waals surface area contributed by atoms with Crippen LogP contribution in [0.25, 0.3) is 22.2 Å². The number of rotatable bonds is 5. The van der Waals surface area contributed by atoms with Crippen molar-refractivity contribution >= 4 is 39.2 Å². The number of nitrogens with one attached hydrogen (secondary N) is 2. The SMILES string of the molecule is Cn1ncc2ccc(-c3csc(NC(=O)CNC(=O)c4ccn(C(C)(C)C)c4)n3)cc21. The van der Waals surface area contributed by atoms with Crippen molar-refractivity contribution < 1.29 is 9.59 Å². The second kappa shape index (κ2) is 7.99. The Balaban J connectivity index is 1.36. The molecule has 0 atom stereocenters. The Bertz CT molecular complexity index is 1260. The van der Waals surface area contributed by atoms with Gasteiger partial charge in [-0.2, -0.15) is 5.10 Å². The lowest BCUT2D eigenvalue weighted by Gasteiger charge is -2.20. The molecule has 160 valence electrons. The Morgan fingerprint density at radius 3 is 2.74 bits per heavy atom. The van der Waals surface area contributed by atoms with Crippen LogP contribution in [0.3, 0.4) is 0 Å². The first-order valence-electron chi connectivity index (χ1n) is 9.85. The molecule has 0 aliphatic carbocycles. The van der Waals surface area contributed by atoms with Crippen LogP contribution in [-0.4, -0.2) is 37.7 Å². The average Bonchev–Trinajstić information content (AvgIpc) is 3.46. The molecule has 0 radical (unpaired) electrons. The van der Waals surface area contributed by atoms with Gasteiger partial charge in [-0.25, -0.2) is 4.98 Å². The Hall–Kier alpha value is -3.46. The molecule has 8 nitrogen and oxygen atoms in total. The Kier molecular flexibility index (Phi) is 5.36. The van der Waals surface area contributed by atoms with Crippen molar-refractivity contribution in [2.24, 2.45) is 7.05 Å². The summed E-state index contributed by atoms with van der Waals surface area (Å²) in [5, 5.41) is 13.1. The van der Waals surface area contributed by atoms with Gasteiger partial charge in [-0.05, 0) is 32.9 Å². The molecule has 4 rings (SSSR count). The second-order valence-corrected chi connectivity index (χ2v) is 9.15. The summed E-state index contributed by atoms with van der Waals surface area (Å²) in [6.45, 7) is 6.03. The van der Waals surface area contributed by atoms with E-state index in [2.05, 4.69) is 41.5 Å². The normalized spacial score (nSPS) is 11.6. The summed E-state index contributed by atoms with van der Waals surface area (Å²) < 4.78 is 3.77. The maximum Gasteiger partial charge on any atom is 0.253 e. The number of hydrogen-bond acceptors (Lipinski definition) is 5. The van der Waals surface area contributed by atoms with E-state index in [-0.39, 0.29) is 23.9 Å². The molecule has 2 N–H and O–H groups in total. The number of carbonyl (C=O) groups is 2. The van der Waals surface area contributed by atoms with Gasteiger partial charge in [0.2, 0.25) is 5.91 Å². The predicted molar refractivity (Wildman–Crippen MR) is 122 cm³/mol. The van der Waals surface area contributed by atoms with Crippen LogP contribution in [0.2, 0.25) is 0 Å². The molecule has 9 heteroatoms. The first kappa shape index (κ1) is 20.8. The van der Waals surface area contributed by atoms with Crippen molar-refractivity contribution in [2.75, 3.05) is 11.9 Å². The minimum absolute atomic E-state index is 0.111. The van der Waals surface area contributed by atoms with Crippen LogP contribution < -0.4 is 10.6 Å². The van der Waals surface area contributed by atoms with Crippen molar-refractivity contribution in [3.8, 4) is 11.3 Å². The zero-order valence-corrected chi connectivity index (χ0v) is 18.7. The highest BCUT2D eigenvalue weighted by Gasteiger charge is 2.16. The predicted octanol–water partition coefficient (Wildman–Crippen LogP) is 3.62. The van der Waals surface area contributed by atoms with Gasteiger partial charge in [-0.1, -0.05) is 12.1 Å². The number of benzene rings is 1. The Morgan fingerprint density at radius 2 is 2.00 bits per heavy atom. The third-order valence-electron chi connectivity index (χ3n) is 4.93. The Morgan fingerprint density at radius 1 is 1.19 bits per heavy atom. The molecule has 0 saturated heterocycles. The van der Waals surface area contributed by atoms with Gasteiger partial charge in [-0.15, -0.1) is 11.3 Å². The summed E-state index contributed by atoms with van der Waals surface area (Å²) in [5.41, 5.74) is 3.14. The standard InChI is InChI=1S/C22H24N6O2S/c1-22(2,3)28-8-7-16(12-28)20(30)23-11-19(29)26-21-25-17(13-31-21)14-5-6-15-10-24-27(4)18(15)9-14/h5-10,12-13H,11H2,1-4H3,(H,23,30)(H,25,26,29). The zero-order chi connectivity index (χ0) is 22.2. The monoisotopic (exact) mass is 436 g/mol. The molecule has 0 aliphatic rings. The summed E-state index contributed by atoms with van der Waals surface area (Å²) in [5.74, 6) is -0.617. The van der Waals surface area contributed by atoms with Crippen molar-refractivity contribution in [1.82, 2.24) is 24.6 Å². The quantitative estimate of drug-likeness (QED) is 0.500. The number of thiazole rings is 1. The third kappa shape index (κ3) is 4.51. The van der Waals surface area contributed by atoms with E-state index in [4.69, 9.17) is 0 Å². The van der Waals surface area contributed by atoms with Gasteiger partial charge in [0.15, 0.2) is 5.13 Å². The Labute approximate surface area is 183 Å². The largest absolute Gasteiger partial charge is 0.348 e. The zero-order valence-electron chi connectivity index (χ0n) is 17.8. The number of carbonyl (C=O) groups excluding carboxylic acids is 2. The van der Waals surface area contributed by atoms with Crippen LogP contribution in [0.15, 0.2) is 48.2 Å². The molecule has 0 aliphatic heterocycles. The molecule has 0 bridgehead atoms. The topological polar surface area (TPSA) is 93.8 Å². The fraction of sp³-hybridized carbons (Fsp3) is 0.273. The van der Waals surface area contributed by atoms with E-state index < -0.39 is 0 Å². The highest BCUT2D eigenvalue weighted by molar-refractivity contribution is 7.14. The van der Waals surface area contributed by atoms with Crippen LogP contribution in [0, 0.1) is 0 Å². The van der Waals surface area contributed by atoms with Crippen LogP contribution in [0.5, 0.6) is 0 Å². The molecule has 0 unspecified atom stereocenters. The van der Waals surface area contributed by atoms with Crippen LogP contribution >= 0.6 is 11.3 Å². The average molecular weight is 437 g/mol. The molecule has 3 aromatic heterocycles. The summed E-state index contributed by atoms with van der Waals surface area (Å²) >= 11 is 1.34. The second-order valence-electron chi connectivity index (χ2n) is 8.29. The maximum atomic E-state index is 12.3. The minimum Gasteiger partial charge on any atom is -0.348 e. The first-order valence-corrected chi connectivity index (χ1v) is 10.7.